The largest absolute Gasteiger partial charge is 1.00 e. The summed E-state index contributed by atoms with van der Waals surface area (Å²) in [6.07, 6.45) is 23.5. The molecule has 0 spiro atoms. The van der Waals surface area contributed by atoms with Crippen LogP contribution in [0.25, 0.3) is 0 Å². The van der Waals surface area contributed by atoms with Gasteiger partial charge in [0.25, 0.3) is 0 Å². The third-order valence-corrected chi connectivity index (χ3v) is 19.5. The van der Waals surface area contributed by atoms with E-state index in [1.165, 1.54) is 96.3 Å². The van der Waals surface area contributed by atoms with Crippen molar-refractivity contribution in [2.45, 2.75) is 170 Å². The molecule has 5 nitrogen and oxygen atoms in total. The van der Waals surface area contributed by atoms with Gasteiger partial charge in [-0.05, 0) is 189 Å². The van der Waals surface area contributed by atoms with Crippen LogP contribution in [0.2, 0.25) is 0 Å². The average molecular weight is 699 g/mol. The van der Waals surface area contributed by atoms with Crippen LogP contribution in [0, 0.1) is 121 Å². The molecule has 0 aromatic heterocycles. The maximum Gasteiger partial charge on any atom is 1.00 e. The minimum atomic E-state index is -0.0621. The summed E-state index contributed by atoms with van der Waals surface area (Å²) in [6.45, 7) is 17.4. The maximum atomic E-state index is 10.5. The second-order valence-electron chi connectivity index (χ2n) is 20.5. The van der Waals surface area contributed by atoms with Gasteiger partial charge in [-0.3, -0.25) is 0 Å². The summed E-state index contributed by atoms with van der Waals surface area (Å²) in [4.78, 5) is 0. The molecule has 8 aliphatic carbocycles. The molecule has 284 valence electrons. The molecule has 4 N–H and O–H groups in total. The monoisotopic (exact) mass is 699 g/mol. The summed E-state index contributed by atoms with van der Waals surface area (Å²) >= 11 is 0. The Morgan fingerprint density at radius 1 is 0.529 bits per heavy atom. The van der Waals surface area contributed by atoms with E-state index in [1.54, 1.807) is 0 Å². The smallest absolute Gasteiger partial charge is 0.870 e. The first-order valence-electron chi connectivity index (χ1n) is 21.4. The van der Waals surface area contributed by atoms with Crippen molar-refractivity contribution < 1.29 is 34.9 Å². The number of nitrogens with zero attached hydrogens (tertiary/aromatic N) is 2. The summed E-state index contributed by atoms with van der Waals surface area (Å²) in [7, 11) is 0. The average Bonchev–Trinajstić information content (AvgIpc) is 3.61. The number of nitriles is 2. The maximum absolute atomic E-state index is 10.5. The normalized spacial score (nSPS) is 53.4. The first-order chi connectivity index (χ1) is 22.9. The van der Waals surface area contributed by atoms with Gasteiger partial charge in [0.2, 0.25) is 0 Å². The van der Waals surface area contributed by atoms with Crippen molar-refractivity contribution in [3.8, 4) is 12.1 Å². The number of aliphatic hydroxyl groups is 1. The minimum Gasteiger partial charge on any atom is -0.870 e. The molecule has 8 fully saturated rings. The van der Waals surface area contributed by atoms with E-state index in [-0.39, 0.29) is 41.3 Å². The van der Waals surface area contributed by atoms with Gasteiger partial charge < -0.3 is 16.1 Å². The summed E-state index contributed by atoms with van der Waals surface area (Å²) in [5.41, 5.74) is 1.67. The van der Waals surface area contributed by atoms with Crippen molar-refractivity contribution in [3.05, 3.63) is 0 Å². The summed E-state index contributed by atoms with van der Waals surface area (Å²) in [6, 6.07) is 5.34. The van der Waals surface area contributed by atoms with Crippen LogP contribution in [-0.4, -0.2) is 22.2 Å². The van der Waals surface area contributed by atoms with Gasteiger partial charge in [0.1, 0.15) is 0 Å². The number of hydrogen-bond donors (Lipinski definition) is 1. The van der Waals surface area contributed by atoms with E-state index in [0.717, 1.165) is 78.4 Å². The van der Waals surface area contributed by atoms with Gasteiger partial charge in [0.05, 0.1) is 30.1 Å². The van der Waals surface area contributed by atoms with Crippen LogP contribution < -0.4 is 18.9 Å². The Hall–Kier alpha value is -0.543. The molecule has 8 rings (SSSR count). The van der Waals surface area contributed by atoms with Crippen LogP contribution in [0.15, 0.2) is 0 Å². The van der Waals surface area contributed by atoms with Crippen molar-refractivity contribution >= 4 is 0 Å². The quantitative estimate of drug-likeness (QED) is 0.298. The topological polar surface area (TPSA) is 129 Å². The summed E-state index contributed by atoms with van der Waals surface area (Å²) in [5, 5.41) is 29.8. The Labute approximate surface area is 325 Å². The summed E-state index contributed by atoms with van der Waals surface area (Å²) < 4.78 is 0. The van der Waals surface area contributed by atoms with Crippen LogP contribution in [-0.2, 0) is 0 Å². The molecule has 0 radical (unpaired) electrons. The number of rotatable bonds is 2. The Kier molecular flexibility index (Phi) is 13.5. The van der Waals surface area contributed by atoms with Crippen molar-refractivity contribution in [3.63, 3.8) is 0 Å². The zero-order chi connectivity index (χ0) is 34.2. The van der Waals surface area contributed by atoms with Gasteiger partial charge in [-0.25, -0.2) is 0 Å². The van der Waals surface area contributed by atoms with Crippen LogP contribution in [0.1, 0.15) is 164 Å². The zero-order valence-electron chi connectivity index (χ0n) is 34.1. The molecular formula is C45H75LiN2O3. The Morgan fingerprint density at radius 3 is 1.33 bits per heavy atom. The third-order valence-electron chi connectivity index (χ3n) is 19.5. The Morgan fingerprint density at radius 2 is 0.902 bits per heavy atom. The first kappa shape index (κ1) is 43.2. The number of hydrogen-bond acceptors (Lipinski definition) is 4. The van der Waals surface area contributed by atoms with E-state index in [4.69, 9.17) is 0 Å². The van der Waals surface area contributed by atoms with E-state index >= 15 is 0 Å². The molecule has 0 bridgehead atoms. The van der Waals surface area contributed by atoms with Crippen molar-refractivity contribution in [1.82, 2.24) is 0 Å². The number of aliphatic hydroxyl groups excluding tert-OH is 1. The molecule has 0 amide bonds. The molecule has 0 aromatic rings. The third kappa shape index (κ3) is 6.45. The van der Waals surface area contributed by atoms with E-state index in [1.807, 2.05) is 0 Å². The van der Waals surface area contributed by atoms with Crippen LogP contribution in [0.3, 0.4) is 0 Å². The predicted molar refractivity (Wildman–Crippen MR) is 201 cm³/mol. The van der Waals surface area contributed by atoms with Crippen molar-refractivity contribution in [1.29, 1.82) is 10.5 Å². The second kappa shape index (κ2) is 15.9. The van der Waals surface area contributed by atoms with Crippen molar-refractivity contribution in [2.24, 2.45) is 98.6 Å². The SMILES string of the molecule is CC[C@H]1[C@H](C)CC[C@]2(C)[C@H]3CC[C@]4(C)[C@@H](C#N)CC[C@H]4[C@@H]3CC[C@@H]12.CC[C@H]1[C@H](O)CC[C@]2(C)[C@H]3CC[C@]4(C)[C@@H](C#N)CC[C@H]4[C@@H]3CC[C@@H]12.O.[Li+].[OH-]. The molecule has 51 heavy (non-hydrogen) atoms. The minimum absolute atomic E-state index is 0. The van der Waals surface area contributed by atoms with Crippen molar-refractivity contribution in [2.75, 3.05) is 0 Å². The molecule has 6 heteroatoms. The molecule has 0 aromatic carbocycles. The van der Waals surface area contributed by atoms with Gasteiger partial charge >= 0.3 is 18.9 Å². The fraction of sp³-hybridized carbons (Fsp3) is 0.956. The van der Waals surface area contributed by atoms with E-state index in [2.05, 4.69) is 60.6 Å². The molecule has 18 atom stereocenters. The summed E-state index contributed by atoms with van der Waals surface area (Å²) in [5.74, 6) is 9.95. The molecule has 0 unspecified atom stereocenters. The van der Waals surface area contributed by atoms with Crippen LogP contribution in [0.4, 0.5) is 0 Å². The molecule has 0 aliphatic heterocycles. The standard InChI is InChI=1S/C23H37N.C22H35NO.Li.2H2O/c1-5-17-15(2)10-12-23(4)19(17)9-7-18-20-8-6-16(14-24)22(20,3)13-11-21(18)23;1-4-15-17-8-6-16-18-7-5-14(13-23)21(18,2)11-9-19(16)22(17,3)12-10-20(15)24;;;/h15-21H,5-13H2,1-4H3;14-20,24H,4-12H2,1-3H3;;2*1H2/q;;+1;;/p-1/t15-,16-,17+,18+,19+,20+,21+,22-,23+;14-,15-,16+,17+,18+,19+,20-,21-,22+;;;/m11.../s1. The molecule has 0 heterocycles. The molecule has 8 saturated carbocycles. The van der Waals surface area contributed by atoms with Gasteiger partial charge in [-0.1, -0.05) is 61.3 Å². The zero-order valence-corrected chi connectivity index (χ0v) is 34.1. The van der Waals surface area contributed by atoms with Gasteiger partial charge in [0.15, 0.2) is 0 Å². The van der Waals surface area contributed by atoms with Crippen LogP contribution >= 0.6 is 0 Å². The van der Waals surface area contributed by atoms with E-state index < -0.39 is 0 Å². The second-order valence-corrected chi connectivity index (χ2v) is 20.5. The van der Waals surface area contributed by atoms with Crippen LogP contribution in [0.5, 0.6) is 0 Å². The van der Waals surface area contributed by atoms with E-state index in [0.29, 0.717) is 34.0 Å². The molecule has 0 saturated heterocycles. The van der Waals surface area contributed by atoms with Gasteiger partial charge in [-0.2, -0.15) is 10.5 Å². The van der Waals surface area contributed by atoms with Gasteiger partial charge in [-0.15, -0.1) is 0 Å². The Bertz CT molecular complexity index is 1180. The first-order valence-corrected chi connectivity index (χ1v) is 21.4. The molecule has 8 aliphatic rings. The Balaban J connectivity index is 0.000000216. The fourth-order valence-electron chi connectivity index (χ4n) is 16.9. The molecular weight excluding hydrogens is 623 g/mol. The van der Waals surface area contributed by atoms with Gasteiger partial charge in [0, 0.05) is 0 Å². The van der Waals surface area contributed by atoms with E-state index in [9.17, 15) is 15.6 Å². The predicted octanol–water partition coefficient (Wildman–Crippen LogP) is 7.61. The number of fused-ring (bicyclic) bond motifs is 10. The fourth-order valence-corrected chi connectivity index (χ4v) is 16.9.